The number of aryl methyl sites for hydroxylation is 3. The number of hydrogen-bond acceptors (Lipinski definition) is 2. The Labute approximate surface area is 138 Å². The Morgan fingerprint density at radius 3 is 2.64 bits per heavy atom. The lowest BCUT2D eigenvalue weighted by molar-refractivity contribution is -0.127. The molecule has 0 atom stereocenters. The molecule has 22 heavy (non-hydrogen) atoms. The average molecular weight is 319 g/mol. The van der Waals surface area contributed by atoms with Crippen molar-refractivity contribution in [3.8, 4) is 0 Å². The lowest BCUT2D eigenvalue weighted by Gasteiger charge is -2.17. The van der Waals surface area contributed by atoms with E-state index >= 15 is 0 Å². The molecule has 0 unspecified atom stereocenters. The van der Waals surface area contributed by atoms with E-state index in [1.807, 2.05) is 4.90 Å². The SMILES string of the molecule is Cc1cc(C)c(NC(=S)NCCCN2CCCC2=O)cc1C. The number of amides is 1. The fraction of sp³-hybridized carbons (Fsp3) is 0.529. The van der Waals surface area contributed by atoms with Crippen LogP contribution in [-0.4, -0.2) is 35.6 Å². The molecule has 5 heteroatoms. The van der Waals surface area contributed by atoms with E-state index in [2.05, 4.69) is 43.5 Å². The second-order valence-electron chi connectivity index (χ2n) is 5.97. The van der Waals surface area contributed by atoms with E-state index in [-0.39, 0.29) is 5.91 Å². The highest BCUT2D eigenvalue weighted by Crippen LogP contribution is 2.19. The van der Waals surface area contributed by atoms with E-state index < -0.39 is 0 Å². The van der Waals surface area contributed by atoms with Gasteiger partial charge in [-0.2, -0.15) is 0 Å². The summed E-state index contributed by atoms with van der Waals surface area (Å²) in [6.07, 6.45) is 2.62. The van der Waals surface area contributed by atoms with Gasteiger partial charge in [-0.1, -0.05) is 6.07 Å². The molecule has 2 N–H and O–H groups in total. The van der Waals surface area contributed by atoms with Gasteiger partial charge in [-0.3, -0.25) is 4.79 Å². The quantitative estimate of drug-likeness (QED) is 0.647. The summed E-state index contributed by atoms with van der Waals surface area (Å²) in [5.74, 6) is 0.284. The van der Waals surface area contributed by atoms with Crippen molar-refractivity contribution in [3.05, 3.63) is 28.8 Å². The lowest BCUT2D eigenvalue weighted by Crippen LogP contribution is -2.33. The topological polar surface area (TPSA) is 44.4 Å². The maximum atomic E-state index is 11.5. The van der Waals surface area contributed by atoms with Crippen LogP contribution in [0.15, 0.2) is 12.1 Å². The highest BCUT2D eigenvalue weighted by Gasteiger charge is 2.18. The molecule has 0 aromatic heterocycles. The van der Waals surface area contributed by atoms with Crippen LogP contribution in [0.1, 0.15) is 36.0 Å². The first-order valence-corrected chi connectivity index (χ1v) is 8.28. The van der Waals surface area contributed by atoms with Crippen LogP contribution in [0.4, 0.5) is 5.69 Å². The van der Waals surface area contributed by atoms with Crippen LogP contribution < -0.4 is 10.6 Å². The Balaban J connectivity index is 1.74. The van der Waals surface area contributed by atoms with E-state index in [9.17, 15) is 4.79 Å². The second kappa shape index (κ2) is 7.58. The van der Waals surface area contributed by atoms with Gasteiger partial charge in [0, 0.05) is 31.7 Å². The van der Waals surface area contributed by atoms with Crippen LogP contribution in [0.3, 0.4) is 0 Å². The summed E-state index contributed by atoms with van der Waals surface area (Å²) in [5, 5.41) is 7.11. The molecule has 1 saturated heterocycles. The van der Waals surface area contributed by atoms with Crippen molar-refractivity contribution in [2.75, 3.05) is 25.0 Å². The molecule has 4 nitrogen and oxygen atoms in total. The third kappa shape index (κ3) is 4.44. The zero-order chi connectivity index (χ0) is 16.1. The third-order valence-electron chi connectivity index (χ3n) is 4.15. The number of carbonyl (C=O) groups excluding carboxylic acids is 1. The molecule has 1 fully saturated rings. The summed E-state index contributed by atoms with van der Waals surface area (Å²) in [6, 6.07) is 4.29. The lowest BCUT2D eigenvalue weighted by atomic mass is 10.1. The molecule has 1 heterocycles. The molecule has 1 aliphatic rings. The number of benzene rings is 1. The standard InChI is InChI=1S/C17H25N3OS/c1-12-10-14(3)15(11-13(12)2)19-17(22)18-7-5-9-20-8-4-6-16(20)21/h10-11H,4-9H2,1-3H3,(H2,18,19,22). The monoisotopic (exact) mass is 319 g/mol. The predicted octanol–water partition coefficient (Wildman–Crippen LogP) is 2.91. The van der Waals surface area contributed by atoms with Crippen molar-refractivity contribution in [1.82, 2.24) is 10.2 Å². The predicted molar refractivity (Wildman–Crippen MR) is 95.3 cm³/mol. The van der Waals surface area contributed by atoms with E-state index in [4.69, 9.17) is 12.2 Å². The minimum atomic E-state index is 0.284. The zero-order valence-corrected chi connectivity index (χ0v) is 14.5. The highest BCUT2D eigenvalue weighted by atomic mass is 32.1. The summed E-state index contributed by atoms with van der Waals surface area (Å²) < 4.78 is 0. The van der Waals surface area contributed by atoms with Gasteiger partial charge in [0.2, 0.25) is 5.91 Å². The molecule has 0 aliphatic carbocycles. The number of thiocarbonyl (C=S) groups is 1. The first-order valence-electron chi connectivity index (χ1n) is 7.88. The molecule has 1 aromatic carbocycles. The fourth-order valence-electron chi connectivity index (χ4n) is 2.67. The maximum absolute atomic E-state index is 11.5. The number of nitrogens with one attached hydrogen (secondary N) is 2. The van der Waals surface area contributed by atoms with Crippen LogP contribution in [0, 0.1) is 20.8 Å². The van der Waals surface area contributed by atoms with Gasteiger partial charge in [0.25, 0.3) is 0 Å². The molecule has 1 aliphatic heterocycles. The van der Waals surface area contributed by atoms with Crippen molar-refractivity contribution in [2.24, 2.45) is 0 Å². The second-order valence-corrected chi connectivity index (χ2v) is 6.38. The van der Waals surface area contributed by atoms with E-state index in [1.165, 1.54) is 16.7 Å². The smallest absolute Gasteiger partial charge is 0.222 e. The summed E-state index contributed by atoms with van der Waals surface area (Å²) >= 11 is 5.34. The molecule has 0 radical (unpaired) electrons. The molecular weight excluding hydrogens is 294 g/mol. The summed E-state index contributed by atoms with van der Waals surface area (Å²) in [5.41, 5.74) is 4.78. The number of hydrogen-bond donors (Lipinski definition) is 2. The van der Waals surface area contributed by atoms with E-state index in [0.717, 1.165) is 38.2 Å². The summed E-state index contributed by atoms with van der Waals surface area (Å²) in [4.78, 5) is 13.4. The number of anilines is 1. The molecular formula is C17H25N3OS. The fourth-order valence-corrected chi connectivity index (χ4v) is 2.89. The number of carbonyl (C=O) groups is 1. The van der Waals surface area contributed by atoms with Gasteiger partial charge in [0.15, 0.2) is 5.11 Å². The average Bonchev–Trinajstić information content (AvgIpc) is 2.86. The number of rotatable bonds is 5. The van der Waals surface area contributed by atoms with Gasteiger partial charge in [-0.15, -0.1) is 0 Å². The first-order chi connectivity index (χ1) is 10.5. The van der Waals surface area contributed by atoms with Crippen molar-refractivity contribution < 1.29 is 4.79 Å². The molecule has 120 valence electrons. The maximum Gasteiger partial charge on any atom is 0.222 e. The van der Waals surface area contributed by atoms with Gasteiger partial charge in [0.1, 0.15) is 0 Å². The normalized spacial score (nSPS) is 14.3. The minimum Gasteiger partial charge on any atom is -0.362 e. The van der Waals surface area contributed by atoms with Crippen LogP contribution in [0.2, 0.25) is 0 Å². The van der Waals surface area contributed by atoms with Gasteiger partial charge < -0.3 is 15.5 Å². The highest BCUT2D eigenvalue weighted by molar-refractivity contribution is 7.80. The third-order valence-corrected chi connectivity index (χ3v) is 4.40. The molecule has 0 spiro atoms. The Hall–Kier alpha value is -1.62. The van der Waals surface area contributed by atoms with Crippen LogP contribution in [0.25, 0.3) is 0 Å². The van der Waals surface area contributed by atoms with Crippen molar-refractivity contribution in [2.45, 2.75) is 40.0 Å². The van der Waals surface area contributed by atoms with Gasteiger partial charge in [0.05, 0.1) is 0 Å². The summed E-state index contributed by atoms with van der Waals surface area (Å²) in [7, 11) is 0. The zero-order valence-electron chi connectivity index (χ0n) is 13.7. The Bertz CT molecular complexity index is 571. The Morgan fingerprint density at radius 2 is 1.95 bits per heavy atom. The van der Waals surface area contributed by atoms with Gasteiger partial charge in [-0.05, 0) is 68.6 Å². The molecule has 1 amide bonds. The van der Waals surface area contributed by atoms with Crippen LogP contribution in [0.5, 0.6) is 0 Å². The molecule has 1 aromatic rings. The number of nitrogens with zero attached hydrogens (tertiary/aromatic N) is 1. The van der Waals surface area contributed by atoms with Crippen LogP contribution >= 0.6 is 12.2 Å². The van der Waals surface area contributed by atoms with E-state index in [1.54, 1.807) is 0 Å². The molecule has 2 rings (SSSR count). The van der Waals surface area contributed by atoms with E-state index in [0.29, 0.717) is 11.5 Å². The Kier molecular flexibility index (Phi) is 5.77. The molecule has 0 bridgehead atoms. The van der Waals surface area contributed by atoms with Crippen molar-refractivity contribution in [3.63, 3.8) is 0 Å². The number of likely N-dealkylation sites (tertiary alicyclic amines) is 1. The molecule has 0 saturated carbocycles. The van der Waals surface area contributed by atoms with Gasteiger partial charge >= 0.3 is 0 Å². The van der Waals surface area contributed by atoms with Crippen molar-refractivity contribution in [1.29, 1.82) is 0 Å². The first kappa shape index (κ1) is 16.7. The minimum absolute atomic E-state index is 0.284. The van der Waals surface area contributed by atoms with Crippen LogP contribution in [-0.2, 0) is 4.79 Å². The Morgan fingerprint density at radius 1 is 1.23 bits per heavy atom. The summed E-state index contributed by atoms with van der Waals surface area (Å²) in [6.45, 7) is 8.79. The van der Waals surface area contributed by atoms with Crippen molar-refractivity contribution >= 4 is 28.9 Å². The largest absolute Gasteiger partial charge is 0.362 e. The van der Waals surface area contributed by atoms with Gasteiger partial charge in [-0.25, -0.2) is 0 Å².